The number of benzene rings is 1. The van der Waals surface area contributed by atoms with Crippen molar-refractivity contribution in [3.05, 3.63) is 39.4 Å². The van der Waals surface area contributed by atoms with Crippen LogP contribution in [0.25, 0.3) is 0 Å². The highest BCUT2D eigenvalue weighted by atomic mass is 32.1. The number of anilines is 2. The molecule has 0 aliphatic rings. The molecule has 0 radical (unpaired) electrons. The van der Waals surface area contributed by atoms with Crippen LogP contribution in [0.15, 0.2) is 12.1 Å². The van der Waals surface area contributed by atoms with Crippen LogP contribution in [0.2, 0.25) is 0 Å². The van der Waals surface area contributed by atoms with Gasteiger partial charge in [-0.15, -0.1) is 0 Å². The second kappa shape index (κ2) is 6.37. The zero-order valence-corrected chi connectivity index (χ0v) is 14.5. The van der Waals surface area contributed by atoms with Crippen LogP contribution in [0.4, 0.5) is 15.6 Å². The number of hydrogen-bond acceptors (Lipinski definition) is 4. The molecule has 0 saturated heterocycles. The summed E-state index contributed by atoms with van der Waals surface area (Å²) >= 11 is 1.04. The highest BCUT2D eigenvalue weighted by molar-refractivity contribution is 7.17. The molecule has 0 bridgehead atoms. The van der Waals surface area contributed by atoms with Gasteiger partial charge in [0.1, 0.15) is 4.88 Å². The van der Waals surface area contributed by atoms with E-state index >= 15 is 0 Å². The summed E-state index contributed by atoms with van der Waals surface area (Å²) in [6, 6.07) is 4.06. The lowest BCUT2D eigenvalue weighted by atomic mass is 10.0. The number of thiazole rings is 1. The van der Waals surface area contributed by atoms with Gasteiger partial charge in [0.05, 0.1) is 5.69 Å². The van der Waals surface area contributed by atoms with E-state index in [4.69, 9.17) is 5.11 Å². The first kappa shape index (κ1) is 17.0. The molecule has 0 spiro atoms. The normalized spacial score (nSPS) is 10.5. The van der Waals surface area contributed by atoms with Gasteiger partial charge in [0.25, 0.3) is 5.91 Å². The highest BCUT2D eigenvalue weighted by Crippen LogP contribution is 2.29. The minimum absolute atomic E-state index is 0.198. The Morgan fingerprint density at radius 1 is 1.17 bits per heavy atom. The molecule has 0 atom stereocenters. The standard InChI is InChI=1S/C16H19N3O3S/c1-8-6-9(2)12(10(3)7-8)19(5)14(20)13-11(4)17-15(23-13)18-16(21)22/h6-7H,1-5H3,(H,17,18)(H,21,22). The largest absolute Gasteiger partial charge is 0.465 e. The van der Waals surface area contributed by atoms with Crippen molar-refractivity contribution in [3.63, 3.8) is 0 Å². The third kappa shape index (κ3) is 3.50. The van der Waals surface area contributed by atoms with E-state index in [-0.39, 0.29) is 11.0 Å². The molecule has 2 amide bonds. The number of rotatable bonds is 3. The highest BCUT2D eigenvalue weighted by Gasteiger charge is 2.22. The van der Waals surface area contributed by atoms with Gasteiger partial charge >= 0.3 is 6.09 Å². The van der Waals surface area contributed by atoms with Crippen molar-refractivity contribution in [2.24, 2.45) is 0 Å². The molecule has 7 heteroatoms. The van der Waals surface area contributed by atoms with E-state index in [1.807, 2.05) is 32.9 Å². The lowest BCUT2D eigenvalue weighted by Crippen LogP contribution is -2.27. The second-order valence-corrected chi connectivity index (χ2v) is 6.47. The fraction of sp³-hybridized carbons (Fsp3) is 0.312. The number of amides is 2. The number of carbonyl (C=O) groups excluding carboxylic acids is 1. The summed E-state index contributed by atoms with van der Waals surface area (Å²) in [5, 5.41) is 11.1. The first-order valence-corrected chi connectivity index (χ1v) is 7.85. The van der Waals surface area contributed by atoms with Gasteiger partial charge in [0.15, 0.2) is 5.13 Å². The van der Waals surface area contributed by atoms with E-state index in [9.17, 15) is 9.59 Å². The number of aromatic nitrogens is 1. The topological polar surface area (TPSA) is 82.5 Å². The van der Waals surface area contributed by atoms with Gasteiger partial charge in [0.2, 0.25) is 0 Å². The number of hydrogen-bond donors (Lipinski definition) is 2. The number of carboxylic acid groups (broad SMARTS) is 1. The van der Waals surface area contributed by atoms with Crippen molar-refractivity contribution >= 4 is 34.2 Å². The summed E-state index contributed by atoms with van der Waals surface area (Å²) in [5.74, 6) is -0.200. The van der Waals surface area contributed by atoms with Crippen molar-refractivity contribution in [1.29, 1.82) is 0 Å². The predicted octanol–water partition coefficient (Wildman–Crippen LogP) is 3.74. The maximum absolute atomic E-state index is 12.8. The van der Waals surface area contributed by atoms with E-state index < -0.39 is 6.09 Å². The van der Waals surface area contributed by atoms with E-state index in [0.29, 0.717) is 10.6 Å². The second-order valence-electron chi connectivity index (χ2n) is 5.48. The van der Waals surface area contributed by atoms with E-state index in [1.165, 1.54) is 0 Å². The van der Waals surface area contributed by atoms with Crippen molar-refractivity contribution < 1.29 is 14.7 Å². The van der Waals surface area contributed by atoms with E-state index in [0.717, 1.165) is 33.7 Å². The Morgan fingerprint density at radius 2 is 1.74 bits per heavy atom. The number of nitrogens with zero attached hydrogens (tertiary/aromatic N) is 2. The van der Waals surface area contributed by atoms with Crippen LogP contribution in [-0.2, 0) is 0 Å². The molecule has 0 fully saturated rings. The molecule has 2 aromatic rings. The number of nitrogens with one attached hydrogen (secondary N) is 1. The third-order valence-corrected chi connectivity index (χ3v) is 4.54. The SMILES string of the molecule is Cc1cc(C)c(N(C)C(=O)c2sc(NC(=O)O)nc2C)c(C)c1. The number of carbonyl (C=O) groups is 2. The first-order chi connectivity index (χ1) is 10.7. The monoisotopic (exact) mass is 333 g/mol. The van der Waals surface area contributed by atoms with E-state index in [2.05, 4.69) is 10.3 Å². The molecule has 1 heterocycles. The summed E-state index contributed by atoms with van der Waals surface area (Å²) in [6.07, 6.45) is -1.20. The zero-order valence-electron chi connectivity index (χ0n) is 13.7. The maximum atomic E-state index is 12.8. The van der Waals surface area contributed by atoms with Gasteiger partial charge in [0, 0.05) is 12.7 Å². The molecule has 6 nitrogen and oxygen atoms in total. The Hall–Kier alpha value is -2.41. The van der Waals surface area contributed by atoms with E-state index in [1.54, 1.807) is 18.9 Å². The Balaban J connectivity index is 2.37. The predicted molar refractivity (Wildman–Crippen MR) is 91.9 cm³/mol. The third-order valence-electron chi connectivity index (χ3n) is 3.48. The molecule has 0 saturated carbocycles. The average Bonchev–Trinajstić information content (AvgIpc) is 2.76. The zero-order chi connectivity index (χ0) is 17.3. The molecule has 0 unspecified atom stereocenters. The van der Waals surface area contributed by atoms with Gasteiger partial charge in [-0.1, -0.05) is 29.0 Å². The fourth-order valence-electron chi connectivity index (χ4n) is 2.70. The van der Waals surface area contributed by atoms with Crippen molar-refractivity contribution in [1.82, 2.24) is 4.98 Å². The van der Waals surface area contributed by atoms with Crippen LogP contribution in [0.1, 0.15) is 32.1 Å². The van der Waals surface area contributed by atoms with Crippen LogP contribution in [0.5, 0.6) is 0 Å². The van der Waals surface area contributed by atoms with Crippen LogP contribution >= 0.6 is 11.3 Å². The van der Waals surface area contributed by atoms with Gasteiger partial charge in [-0.2, -0.15) is 0 Å². The van der Waals surface area contributed by atoms with Crippen molar-refractivity contribution in [2.75, 3.05) is 17.3 Å². The first-order valence-electron chi connectivity index (χ1n) is 7.04. The van der Waals surface area contributed by atoms with Gasteiger partial charge in [-0.3, -0.25) is 10.1 Å². The molecule has 1 aromatic heterocycles. The summed E-state index contributed by atoms with van der Waals surface area (Å²) in [5.41, 5.74) is 4.56. The van der Waals surface area contributed by atoms with Crippen LogP contribution in [0.3, 0.4) is 0 Å². The minimum Gasteiger partial charge on any atom is -0.465 e. The summed E-state index contributed by atoms with van der Waals surface area (Å²) < 4.78 is 0. The summed E-state index contributed by atoms with van der Waals surface area (Å²) in [4.78, 5) is 29.6. The van der Waals surface area contributed by atoms with Gasteiger partial charge in [-0.05, 0) is 38.8 Å². The van der Waals surface area contributed by atoms with Crippen LogP contribution in [0, 0.1) is 27.7 Å². The minimum atomic E-state index is -1.20. The lowest BCUT2D eigenvalue weighted by Gasteiger charge is -2.22. The van der Waals surface area contributed by atoms with Crippen molar-refractivity contribution in [3.8, 4) is 0 Å². The smallest absolute Gasteiger partial charge is 0.410 e. The molecule has 122 valence electrons. The van der Waals surface area contributed by atoms with Gasteiger partial charge < -0.3 is 10.0 Å². The van der Waals surface area contributed by atoms with Crippen molar-refractivity contribution in [2.45, 2.75) is 27.7 Å². The Morgan fingerprint density at radius 3 is 2.26 bits per heavy atom. The molecule has 23 heavy (non-hydrogen) atoms. The fourth-order valence-corrected chi connectivity index (χ4v) is 3.63. The Labute approximate surface area is 138 Å². The molecule has 2 N–H and O–H groups in total. The van der Waals surface area contributed by atoms with Gasteiger partial charge in [-0.25, -0.2) is 9.78 Å². The lowest BCUT2D eigenvalue weighted by molar-refractivity contribution is 0.0995. The van der Waals surface area contributed by atoms with Crippen LogP contribution in [-0.4, -0.2) is 29.1 Å². The molecule has 0 aliphatic carbocycles. The summed E-state index contributed by atoms with van der Waals surface area (Å²) in [6.45, 7) is 7.65. The molecular formula is C16H19N3O3S. The molecular weight excluding hydrogens is 314 g/mol. The maximum Gasteiger partial charge on any atom is 0.410 e. The quantitative estimate of drug-likeness (QED) is 0.896. The average molecular weight is 333 g/mol. The summed E-state index contributed by atoms with van der Waals surface area (Å²) in [7, 11) is 1.72. The molecule has 2 rings (SSSR count). The Bertz CT molecular complexity index is 760. The van der Waals surface area contributed by atoms with Crippen LogP contribution < -0.4 is 10.2 Å². The number of aryl methyl sites for hydroxylation is 4. The molecule has 1 aromatic carbocycles. The Kier molecular flexibility index (Phi) is 4.70. The molecule has 0 aliphatic heterocycles.